The van der Waals surface area contributed by atoms with Crippen LogP contribution in [0.1, 0.15) is 18.9 Å². The van der Waals surface area contributed by atoms with Crippen LogP contribution < -0.4 is 5.73 Å². The number of ketones is 1. The minimum absolute atomic E-state index is 0.155. The summed E-state index contributed by atoms with van der Waals surface area (Å²) in [5.74, 6) is 0.376. The molecule has 1 unspecified atom stereocenters. The molecule has 88 valence electrons. The standard InChI is InChI=1S/C12H15Cl2NO/c1-8(7-15)4-11(16)5-9-2-3-10(13)6-12(9)14/h2-3,6,8H,4-5,7,15H2,1H3. The third kappa shape index (κ3) is 4.12. The van der Waals surface area contributed by atoms with Gasteiger partial charge < -0.3 is 5.73 Å². The van der Waals surface area contributed by atoms with Crippen molar-refractivity contribution >= 4 is 29.0 Å². The minimum atomic E-state index is 0.155. The summed E-state index contributed by atoms with van der Waals surface area (Å²) in [5, 5.41) is 1.12. The summed E-state index contributed by atoms with van der Waals surface area (Å²) in [6, 6.07) is 5.18. The smallest absolute Gasteiger partial charge is 0.137 e. The van der Waals surface area contributed by atoms with Crippen molar-refractivity contribution in [1.82, 2.24) is 0 Å². The number of nitrogens with two attached hydrogens (primary N) is 1. The van der Waals surface area contributed by atoms with Crippen LogP contribution in [0, 0.1) is 5.92 Å². The maximum Gasteiger partial charge on any atom is 0.137 e. The molecule has 0 saturated carbocycles. The molecule has 0 aliphatic carbocycles. The Bertz CT molecular complexity index is 379. The zero-order chi connectivity index (χ0) is 12.1. The van der Waals surface area contributed by atoms with Gasteiger partial charge in [-0.15, -0.1) is 0 Å². The van der Waals surface area contributed by atoms with E-state index in [1.54, 1.807) is 18.2 Å². The number of Topliss-reactive ketones (excluding diaryl/α,β-unsaturated/α-hetero) is 1. The highest BCUT2D eigenvalue weighted by Gasteiger charge is 2.10. The number of hydrogen-bond acceptors (Lipinski definition) is 2. The molecule has 0 amide bonds. The van der Waals surface area contributed by atoms with Crippen LogP contribution in [0.3, 0.4) is 0 Å². The second-order valence-electron chi connectivity index (χ2n) is 4.00. The maximum absolute atomic E-state index is 11.7. The first kappa shape index (κ1) is 13.5. The van der Waals surface area contributed by atoms with E-state index < -0.39 is 0 Å². The number of rotatable bonds is 5. The molecule has 0 radical (unpaired) electrons. The first-order valence-corrected chi connectivity index (χ1v) is 5.94. The van der Waals surface area contributed by atoms with E-state index in [4.69, 9.17) is 28.9 Å². The number of carbonyl (C=O) groups excluding carboxylic acids is 1. The molecule has 0 spiro atoms. The molecule has 1 atom stereocenters. The van der Waals surface area contributed by atoms with E-state index in [1.807, 2.05) is 6.92 Å². The lowest BCUT2D eigenvalue weighted by Gasteiger charge is -2.08. The van der Waals surface area contributed by atoms with Crippen molar-refractivity contribution < 1.29 is 4.79 Å². The molecule has 0 aliphatic heterocycles. The van der Waals surface area contributed by atoms with Crippen molar-refractivity contribution in [2.24, 2.45) is 11.7 Å². The van der Waals surface area contributed by atoms with Gasteiger partial charge in [0.2, 0.25) is 0 Å². The molecular weight excluding hydrogens is 245 g/mol. The fourth-order valence-electron chi connectivity index (χ4n) is 1.42. The molecule has 0 fully saturated rings. The van der Waals surface area contributed by atoms with Crippen molar-refractivity contribution in [3.8, 4) is 0 Å². The Kier molecular flexibility index (Phi) is 5.26. The first-order chi connectivity index (χ1) is 7.52. The molecule has 0 bridgehead atoms. The lowest BCUT2D eigenvalue weighted by Crippen LogP contribution is -2.16. The number of hydrogen-bond donors (Lipinski definition) is 1. The van der Waals surface area contributed by atoms with Gasteiger partial charge in [0, 0.05) is 22.9 Å². The molecule has 16 heavy (non-hydrogen) atoms. The summed E-state index contributed by atoms with van der Waals surface area (Å²) in [5.41, 5.74) is 6.29. The zero-order valence-corrected chi connectivity index (χ0v) is 10.7. The number of carbonyl (C=O) groups is 1. The molecule has 4 heteroatoms. The van der Waals surface area contributed by atoms with Crippen LogP contribution in [0.25, 0.3) is 0 Å². The Labute approximate surface area is 106 Å². The summed E-state index contributed by atoms with van der Waals surface area (Å²) in [7, 11) is 0. The fourth-order valence-corrected chi connectivity index (χ4v) is 1.90. The summed E-state index contributed by atoms with van der Waals surface area (Å²) < 4.78 is 0. The Balaban J connectivity index is 2.63. The van der Waals surface area contributed by atoms with Crippen LogP contribution in [0.5, 0.6) is 0 Å². The fraction of sp³-hybridized carbons (Fsp3) is 0.417. The minimum Gasteiger partial charge on any atom is -0.330 e. The Hall–Kier alpha value is -0.570. The molecule has 1 aromatic carbocycles. The van der Waals surface area contributed by atoms with Gasteiger partial charge in [0.15, 0.2) is 0 Å². The molecule has 1 rings (SSSR count). The van der Waals surface area contributed by atoms with Crippen LogP contribution >= 0.6 is 23.2 Å². The first-order valence-electron chi connectivity index (χ1n) is 5.18. The largest absolute Gasteiger partial charge is 0.330 e. The molecule has 1 aromatic rings. The molecule has 0 saturated heterocycles. The topological polar surface area (TPSA) is 43.1 Å². The van der Waals surface area contributed by atoms with Gasteiger partial charge in [0.05, 0.1) is 0 Å². The van der Waals surface area contributed by atoms with Gasteiger partial charge >= 0.3 is 0 Å². The van der Waals surface area contributed by atoms with Crippen LogP contribution in [-0.2, 0) is 11.2 Å². The van der Waals surface area contributed by atoms with Crippen molar-refractivity contribution in [1.29, 1.82) is 0 Å². The van der Waals surface area contributed by atoms with E-state index in [0.29, 0.717) is 29.4 Å². The van der Waals surface area contributed by atoms with E-state index in [9.17, 15) is 4.79 Å². The van der Waals surface area contributed by atoms with Crippen molar-refractivity contribution in [3.63, 3.8) is 0 Å². The lowest BCUT2D eigenvalue weighted by molar-refractivity contribution is -0.119. The van der Waals surface area contributed by atoms with Crippen LogP contribution in [0.4, 0.5) is 0 Å². The third-order valence-electron chi connectivity index (χ3n) is 2.38. The Morgan fingerprint density at radius 2 is 2.12 bits per heavy atom. The van der Waals surface area contributed by atoms with Crippen molar-refractivity contribution in [3.05, 3.63) is 33.8 Å². The second-order valence-corrected chi connectivity index (χ2v) is 4.84. The van der Waals surface area contributed by atoms with E-state index in [2.05, 4.69) is 0 Å². The summed E-state index contributed by atoms with van der Waals surface area (Å²) in [6.45, 7) is 2.49. The van der Waals surface area contributed by atoms with Gasteiger partial charge in [0.25, 0.3) is 0 Å². The molecule has 0 aromatic heterocycles. The highest BCUT2D eigenvalue weighted by molar-refractivity contribution is 6.35. The van der Waals surface area contributed by atoms with Gasteiger partial charge in [0.1, 0.15) is 5.78 Å². The van der Waals surface area contributed by atoms with Crippen molar-refractivity contribution in [2.75, 3.05) is 6.54 Å². The van der Waals surface area contributed by atoms with Crippen LogP contribution in [-0.4, -0.2) is 12.3 Å². The molecular formula is C12H15Cl2NO. The Morgan fingerprint density at radius 1 is 1.44 bits per heavy atom. The lowest BCUT2D eigenvalue weighted by atomic mass is 10.00. The number of benzene rings is 1. The summed E-state index contributed by atoms with van der Waals surface area (Å²) in [6.07, 6.45) is 0.843. The van der Waals surface area contributed by atoms with E-state index in [-0.39, 0.29) is 11.7 Å². The van der Waals surface area contributed by atoms with E-state index >= 15 is 0 Å². The average molecular weight is 260 g/mol. The number of halogens is 2. The maximum atomic E-state index is 11.7. The van der Waals surface area contributed by atoms with E-state index in [1.165, 1.54) is 0 Å². The Morgan fingerprint density at radius 3 is 2.69 bits per heavy atom. The molecule has 0 aliphatic rings. The third-order valence-corrected chi connectivity index (χ3v) is 2.97. The monoisotopic (exact) mass is 259 g/mol. The summed E-state index contributed by atoms with van der Waals surface area (Å²) in [4.78, 5) is 11.7. The highest BCUT2D eigenvalue weighted by atomic mass is 35.5. The van der Waals surface area contributed by atoms with Gasteiger partial charge in [-0.3, -0.25) is 4.79 Å². The van der Waals surface area contributed by atoms with Crippen LogP contribution in [0.15, 0.2) is 18.2 Å². The summed E-state index contributed by atoms with van der Waals surface area (Å²) >= 11 is 11.8. The van der Waals surface area contributed by atoms with Crippen LogP contribution in [0.2, 0.25) is 10.0 Å². The van der Waals surface area contributed by atoms with Gasteiger partial charge in [-0.25, -0.2) is 0 Å². The SMILES string of the molecule is CC(CN)CC(=O)Cc1ccc(Cl)cc1Cl. The second kappa shape index (κ2) is 6.24. The molecule has 0 heterocycles. The van der Waals surface area contributed by atoms with Gasteiger partial charge in [-0.2, -0.15) is 0 Å². The van der Waals surface area contributed by atoms with Gasteiger partial charge in [-0.1, -0.05) is 36.2 Å². The average Bonchev–Trinajstić information content (AvgIpc) is 2.22. The van der Waals surface area contributed by atoms with Gasteiger partial charge in [-0.05, 0) is 30.2 Å². The molecule has 2 nitrogen and oxygen atoms in total. The molecule has 2 N–H and O–H groups in total. The predicted octanol–water partition coefficient (Wildman–Crippen LogP) is 3.09. The zero-order valence-electron chi connectivity index (χ0n) is 9.17. The highest BCUT2D eigenvalue weighted by Crippen LogP contribution is 2.22. The van der Waals surface area contributed by atoms with Crippen molar-refractivity contribution in [2.45, 2.75) is 19.8 Å². The van der Waals surface area contributed by atoms with E-state index in [0.717, 1.165) is 5.56 Å². The normalized spacial score (nSPS) is 12.5. The quantitative estimate of drug-likeness (QED) is 0.884. The predicted molar refractivity (Wildman–Crippen MR) is 68.0 cm³/mol.